The number of para-hydroxylation sites is 1. The van der Waals surface area contributed by atoms with Crippen LogP contribution in [0.15, 0.2) is 54.0 Å². The number of amides is 3. The highest BCUT2D eigenvalue weighted by atomic mass is 32.1. The van der Waals surface area contributed by atoms with Gasteiger partial charge in [0, 0.05) is 42.3 Å². The number of hydrogen-bond acceptors (Lipinski definition) is 5. The van der Waals surface area contributed by atoms with E-state index in [0.29, 0.717) is 36.0 Å². The average Bonchev–Trinajstić information content (AvgIpc) is 3.59. The fourth-order valence-corrected chi connectivity index (χ4v) is 6.26. The number of halogens is 1. The average molecular weight is 589 g/mol. The van der Waals surface area contributed by atoms with Crippen LogP contribution in [0.5, 0.6) is 0 Å². The molecule has 1 unspecified atom stereocenters. The molecule has 1 N–H and O–H groups in total. The Morgan fingerprint density at radius 1 is 1.02 bits per heavy atom. The van der Waals surface area contributed by atoms with Crippen molar-refractivity contribution in [3.8, 4) is 16.4 Å². The summed E-state index contributed by atoms with van der Waals surface area (Å²) in [5, 5.41) is 10.2. The maximum absolute atomic E-state index is 13.6. The summed E-state index contributed by atoms with van der Waals surface area (Å²) in [6.07, 6.45) is 1.58. The lowest BCUT2D eigenvalue weighted by Gasteiger charge is -2.40. The second-order valence-corrected chi connectivity index (χ2v) is 12.3. The Hall–Kier alpha value is -4.05. The molecule has 3 heterocycles. The third kappa shape index (κ3) is 5.81. The van der Waals surface area contributed by atoms with E-state index in [1.807, 2.05) is 24.1 Å². The van der Waals surface area contributed by atoms with E-state index in [0.717, 1.165) is 28.1 Å². The van der Waals surface area contributed by atoms with E-state index in [-0.39, 0.29) is 35.6 Å². The highest BCUT2D eigenvalue weighted by molar-refractivity contribution is 7.12. The van der Waals surface area contributed by atoms with E-state index in [9.17, 15) is 14.0 Å². The molecule has 0 spiro atoms. The molecule has 0 aliphatic carbocycles. The first-order valence-corrected chi connectivity index (χ1v) is 15.2. The van der Waals surface area contributed by atoms with Gasteiger partial charge in [-0.2, -0.15) is 5.10 Å². The van der Waals surface area contributed by atoms with Crippen molar-refractivity contribution >= 4 is 29.0 Å². The summed E-state index contributed by atoms with van der Waals surface area (Å²) in [5.74, 6) is 0.129. The SMILES string of the molecule is Cc1c(C(=O)N2CCN(C(=O)Nc3c(C(C)C)cccc3C(C)C)C(C)C2)cnn1-c1nc(-c2ccc(F)cc2)cs1. The van der Waals surface area contributed by atoms with Crippen LogP contribution >= 0.6 is 11.3 Å². The first-order chi connectivity index (χ1) is 20.0. The van der Waals surface area contributed by atoms with Gasteiger partial charge in [-0.1, -0.05) is 45.9 Å². The van der Waals surface area contributed by atoms with Gasteiger partial charge in [0.15, 0.2) is 0 Å². The zero-order valence-corrected chi connectivity index (χ0v) is 25.7. The molecule has 10 heteroatoms. The zero-order valence-electron chi connectivity index (χ0n) is 24.9. The number of nitrogens with one attached hydrogen (secondary N) is 1. The molecular formula is C32H37FN6O2S. The number of aromatic nitrogens is 3. The van der Waals surface area contributed by atoms with Gasteiger partial charge in [-0.3, -0.25) is 4.79 Å². The van der Waals surface area contributed by atoms with Gasteiger partial charge >= 0.3 is 6.03 Å². The van der Waals surface area contributed by atoms with Crippen LogP contribution in [0, 0.1) is 12.7 Å². The lowest BCUT2D eigenvalue weighted by molar-refractivity contribution is 0.0591. The van der Waals surface area contributed by atoms with E-state index in [1.54, 1.807) is 27.9 Å². The number of hydrogen-bond donors (Lipinski definition) is 1. The van der Waals surface area contributed by atoms with E-state index >= 15 is 0 Å². The summed E-state index contributed by atoms with van der Waals surface area (Å²) in [6, 6.07) is 12.1. The third-order valence-corrected chi connectivity index (χ3v) is 8.65. The van der Waals surface area contributed by atoms with Crippen molar-refractivity contribution in [1.29, 1.82) is 0 Å². The minimum absolute atomic E-state index is 0.117. The Morgan fingerprint density at radius 3 is 2.31 bits per heavy atom. The normalized spacial score (nSPS) is 15.5. The fourth-order valence-electron chi connectivity index (χ4n) is 5.42. The molecule has 1 aliphatic rings. The van der Waals surface area contributed by atoms with Crippen LogP contribution in [-0.2, 0) is 0 Å². The van der Waals surface area contributed by atoms with Crippen LogP contribution in [0.4, 0.5) is 14.9 Å². The molecule has 1 fully saturated rings. The van der Waals surface area contributed by atoms with Crippen LogP contribution < -0.4 is 5.32 Å². The summed E-state index contributed by atoms with van der Waals surface area (Å²) in [5.41, 5.74) is 5.86. The molecule has 4 aromatic rings. The van der Waals surface area contributed by atoms with Gasteiger partial charge in [-0.25, -0.2) is 18.9 Å². The van der Waals surface area contributed by atoms with Crippen LogP contribution in [-0.4, -0.2) is 62.2 Å². The predicted molar refractivity (Wildman–Crippen MR) is 165 cm³/mol. The highest BCUT2D eigenvalue weighted by Gasteiger charge is 2.32. The first-order valence-electron chi connectivity index (χ1n) is 14.3. The van der Waals surface area contributed by atoms with Gasteiger partial charge in [-0.15, -0.1) is 11.3 Å². The number of carbonyl (C=O) groups excluding carboxylic acids is 2. The molecule has 42 heavy (non-hydrogen) atoms. The van der Waals surface area contributed by atoms with E-state index < -0.39 is 0 Å². The second-order valence-electron chi connectivity index (χ2n) is 11.4. The number of urea groups is 1. The summed E-state index contributed by atoms with van der Waals surface area (Å²) < 4.78 is 15.0. The molecule has 220 valence electrons. The lowest BCUT2D eigenvalue weighted by atomic mass is 9.92. The van der Waals surface area contributed by atoms with Gasteiger partial charge in [0.1, 0.15) is 5.82 Å². The number of anilines is 1. The lowest BCUT2D eigenvalue weighted by Crippen LogP contribution is -2.56. The molecule has 3 amide bonds. The van der Waals surface area contributed by atoms with E-state index in [1.165, 1.54) is 23.5 Å². The molecule has 0 radical (unpaired) electrons. The Bertz CT molecular complexity index is 1570. The molecule has 2 aromatic carbocycles. The largest absolute Gasteiger partial charge is 0.335 e. The zero-order chi connectivity index (χ0) is 30.1. The fraction of sp³-hybridized carbons (Fsp3) is 0.375. The van der Waals surface area contributed by atoms with Crippen LogP contribution in [0.25, 0.3) is 16.4 Å². The van der Waals surface area contributed by atoms with Crippen molar-refractivity contribution in [2.24, 2.45) is 0 Å². The van der Waals surface area contributed by atoms with Crippen molar-refractivity contribution in [3.63, 3.8) is 0 Å². The van der Waals surface area contributed by atoms with Gasteiger partial charge in [-0.05, 0) is 61.1 Å². The smallest absolute Gasteiger partial charge is 0.322 e. The van der Waals surface area contributed by atoms with Gasteiger partial charge < -0.3 is 15.1 Å². The Labute approximate surface area is 250 Å². The summed E-state index contributed by atoms with van der Waals surface area (Å²) in [7, 11) is 0. The minimum Gasteiger partial charge on any atom is -0.335 e. The van der Waals surface area contributed by atoms with E-state index in [2.05, 4.69) is 61.3 Å². The number of rotatable bonds is 6. The maximum atomic E-state index is 13.6. The Kier molecular flexibility index (Phi) is 8.45. The number of thiazole rings is 1. The number of nitrogens with zero attached hydrogens (tertiary/aromatic N) is 5. The standard InChI is InChI=1S/C32H37FN6O2S/c1-19(2)25-8-7-9-26(20(3)4)29(25)36-31(41)38-15-14-37(17-21(38)5)30(40)27-16-34-39(22(27)6)32-35-28(18-42-32)23-10-12-24(33)13-11-23/h7-13,16,18-21H,14-15,17H2,1-6H3,(H,36,41). The van der Waals surface area contributed by atoms with Crippen molar-refractivity contribution in [3.05, 3.63) is 82.2 Å². The van der Waals surface area contributed by atoms with E-state index in [4.69, 9.17) is 0 Å². The van der Waals surface area contributed by atoms with Crippen LogP contribution in [0.2, 0.25) is 0 Å². The molecular weight excluding hydrogens is 551 g/mol. The molecule has 1 atom stereocenters. The first kappa shape index (κ1) is 29.4. The maximum Gasteiger partial charge on any atom is 0.322 e. The predicted octanol–water partition coefficient (Wildman–Crippen LogP) is 7.07. The van der Waals surface area contributed by atoms with Crippen molar-refractivity contribution < 1.29 is 14.0 Å². The minimum atomic E-state index is -0.298. The van der Waals surface area contributed by atoms with Crippen molar-refractivity contribution in [2.45, 2.75) is 59.4 Å². The molecule has 1 aliphatic heterocycles. The number of benzene rings is 2. The van der Waals surface area contributed by atoms with Crippen LogP contribution in [0.1, 0.15) is 73.6 Å². The van der Waals surface area contributed by atoms with Crippen LogP contribution in [0.3, 0.4) is 0 Å². The molecule has 2 aromatic heterocycles. The van der Waals surface area contributed by atoms with Gasteiger partial charge in [0.05, 0.1) is 23.1 Å². The molecule has 8 nitrogen and oxygen atoms in total. The van der Waals surface area contributed by atoms with Gasteiger partial charge in [0.25, 0.3) is 5.91 Å². The van der Waals surface area contributed by atoms with Gasteiger partial charge in [0.2, 0.25) is 5.13 Å². The molecule has 0 saturated carbocycles. The third-order valence-electron chi connectivity index (χ3n) is 7.83. The number of carbonyl (C=O) groups is 2. The van der Waals surface area contributed by atoms with Crippen molar-refractivity contribution in [2.75, 3.05) is 25.0 Å². The summed E-state index contributed by atoms with van der Waals surface area (Å²) >= 11 is 1.41. The molecule has 5 rings (SSSR count). The number of piperazine rings is 1. The molecule has 1 saturated heterocycles. The summed E-state index contributed by atoms with van der Waals surface area (Å²) in [4.78, 5) is 35.3. The second kappa shape index (κ2) is 12.1. The highest BCUT2D eigenvalue weighted by Crippen LogP contribution is 2.33. The van der Waals surface area contributed by atoms with Crippen molar-refractivity contribution in [1.82, 2.24) is 24.6 Å². The quantitative estimate of drug-likeness (QED) is 0.261. The monoisotopic (exact) mass is 588 g/mol. The Balaban J connectivity index is 1.27. The summed E-state index contributed by atoms with van der Waals surface area (Å²) in [6.45, 7) is 13.6. The molecule has 0 bridgehead atoms. The topological polar surface area (TPSA) is 83.4 Å². The Morgan fingerprint density at radius 2 is 1.69 bits per heavy atom.